The Morgan fingerprint density at radius 1 is 1.39 bits per heavy atom. The molecule has 0 radical (unpaired) electrons. The summed E-state index contributed by atoms with van der Waals surface area (Å²) in [5.41, 5.74) is -3.51. The number of aliphatic hydroxyl groups is 1. The first-order valence-electron chi connectivity index (χ1n) is 6.52. The molecule has 0 aliphatic carbocycles. The molecule has 10 heteroatoms. The van der Waals surface area contributed by atoms with Crippen LogP contribution >= 0.6 is 0 Å². The normalized spacial score (nSPS) is 15.9. The Bertz CT molecular complexity index is 668. The summed E-state index contributed by atoms with van der Waals surface area (Å²) in [6.45, 7) is -0.477. The number of nitrogens with zero attached hydrogens (tertiary/aromatic N) is 4. The van der Waals surface area contributed by atoms with E-state index in [2.05, 4.69) is 14.7 Å². The fourth-order valence-electron chi connectivity index (χ4n) is 2.34. The van der Waals surface area contributed by atoms with Crippen LogP contribution in [0.25, 0.3) is 0 Å². The summed E-state index contributed by atoms with van der Waals surface area (Å²) in [7, 11) is 2.25. The van der Waals surface area contributed by atoms with Crippen molar-refractivity contribution in [2.45, 2.75) is 18.3 Å². The molecule has 0 fully saturated rings. The first kappa shape index (κ1) is 17.0. The Labute approximate surface area is 129 Å². The summed E-state index contributed by atoms with van der Waals surface area (Å²) in [4.78, 5) is 19.3. The number of hydrogen-bond acceptors (Lipinski definition) is 5. The zero-order chi connectivity index (χ0) is 17.3. The van der Waals surface area contributed by atoms with Gasteiger partial charge in [0.15, 0.2) is 5.82 Å². The molecule has 7 nitrogen and oxygen atoms in total. The third kappa shape index (κ3) is 2.93. The Kier molecular flexibility index (Phi) is 4.46. The van der Waals surface area contributed by atoms with Gasteiger partial charge in [0.1, 0.15) is 5.92 Å². The van der Waals surface area contributed by atoms with Gasteiger partial charge in [0.05, 0.1) is 13.4 Å². The molecule has 2 atom stereocenters. The first-order valence-corrected chi connectivity index (χ1v) is 6.52. The Hall–Kier alpha value is -2.36. The maximum absolute atomic E-state index is 13.7. The molecule has 0 unspecified atom stereocenters. The number of hydrogen-bond donors (Lipinski definition) is 1. The molecule has 23 heavy (non-hydrogen) atoms. The third-order valence-corrected chi connectivity index (χ3v) is 3.54. The molecular formula is C13H15F3N4O3. The van der Waals surface area contributed by atoms with Crippen LogP contribution in [0.5, 0.6) is 0 Å². The van der Waals surface area contributed by atoms with E-state index in [0.717, 1.165) is 17.9 Å². The molecule has 0 amide bonds. The molecule has 126 valence electrons. The largest absolute Gasteiger partial charge is 0.469 e. The van der Waals surface area contributed by atoms with Gasteiger partial charge < -0.3 is 19.0 Å². The second-order valence-electron chi connectivity index (χ2n) is 4.96. The molecule has 0 aliphatic rings. The van der Waals surface area contributed by atoms with Gasteiger partial charge >= 0.3 is 12.1 Å². The number of esters is 1. The molecule has 2 aromatic heterocycles. The van der Waals surface area contributed by atoms with Crippen LogP contribution < -0.4 is 0 Å². The lowest BCUT2D eigenvalue weighted by molar-refractivity contribution is -0.291. The fourth-order valence-corrected chi connectivity index (χ4v) is 2.34. The van der Waals surface area contributed by atoms with Gasteiger partial charge in [0, 0.05) is 38.4 Å². The minimum absolute atomic E-state index is 0.477. The van der Waals surface area contributed by atoms with E-state index in [1.54, 1.807) is 0 Å². The molecule has 0 bridgehead atoms. The smallest absolute Gasteiger partial charge is 0.425 e. The van der Waals surface area contributed by atoms with E-state index in [4.69, 9.17) is 0 Å². The number of halogens is 3. The molecular weight excluding hydrogens is 317 g/mol. The second kappa shape index (κ2) is 6.03. The van der Waals surface area contributed by atoms with Crippen molar-refractivity contribution < 1.29 is 27.8 Å². The first-order chi connectivity index (χ1) is 10.7. The van der Waals surface area contributed by atoms with Gasteiger partial charge in [-0.05, 0) is 0 Å². The number of aryl methyl sites for hydroxylation is 1. The van der Waals surface area contributed by atoms with Gasteiger partial charge in [-0.1, -0.05) is 0 Å². The SMILES string of the molecule is COC(=O)[C@@H](Cn1ccnc1)[C@](O)(c1nccn1C)C(F)(F)F. The van der Waals surface area contributed by atoms with Crippen molar-refractivity contribution in [2.75, 3.05) is 7.11 Å². The van der Waals surface area contributed by atoms with Gasteiger partial charge in [-0.25, -0.2) is 9.97 Å². The van der Waals surface area contributed by atoms with Crippen molar-refractivity contribution in [3.05, 3.63) is 36.9 Å². The number of carbonyl (C=O) groups is 1. The number of ether oxygens (including phenoxy) is 1. The van der Waals surface area contributed by atoms with Crippen molar-refractivity contribution in [2.24, 2.45) is 13.0 Å². The molecule has 2 aromatic rings. The van der Waals surface area contributed by atoms with Crippen molar-refractivity contribution in [1.29, 1.82) is 0 Å². The molecule has 0 aliphatic heterocycles. The Morgan fingerprint density at radius 2 is 2.09 bits per heavy atom. The van der Waals surface area contributed by atoms with Gasteiger partial charge in [-0.2, -0.15) is 13.2 Å². The van der Waals surface area contributed by atoms with Crippen molar-refractivity contribution in [3.8, 4) is 0 Å². The van der Waals surface area contributed by atoms with Crippen LogP contribution in [0.4, 0.5) is 13.2 Å². The summed E-state index contributed by atoms with van der Waals surface area (Å²) in [6.07, 6.45) is 1.18. The molecule has 0 saturated heterocycles. The number of carbonyl (C=O) groups excluding carboxylic acids is 1. The lowest BCUT2D eigenvalue weighted by atomic mass is 9.85. The van der Waals surface area contributed by atoms with Crippen LogP contribution in [0.15, 0.2) is 31.1 Å². The van der Waals surface area contributed by atoms with Gasteiger partial charge in [-0.3, -0.25) is 4.79 Å². The van der Waals surface area contributed by atoms with E-state index in [-0.39, 0.29) is 0 Å². The highest BCUT2D eigenvalue weighted by molar-refractivity contribution is 5.74. The van der Waals surface area contributed by atoms with E-state index in [0.29, 0.717) is 0 Å². The second-order valence-corrected chi connectivity index (χ2v) is 4.96. The number of rotatable bonds is 5. The average molecular weight is 332 g/mol. The average Bonchev–Trinajstić information content (AvgIpc) is 3.13. The fraction of sp³-hybridized carbons (Fsp3) is 0.462. The summed E-state index contributed by atoms with van der Waals surface area (Å²) in [5.74, 6) is -3.86. The maximum atomic E-state index is 13.7. The molecule has 0 spiro atoms. The number of imidazole rings is 2. The summed E-state index contributed by atoms with van der Waals surface area (Å²) in [6, 6.07) is 0. The van der Waals surface area contributed by atoms with Crippen LogP contribution in [0.3, 0.4) is 0 Å². The van der Waals surface area contributed by atoms with E-state index in [1.807, 2.05) is 0 Å². The van der Waals surface area contributed by atoms with E-state index >= 15 is 0 Å². The van der Waals surface area contributed by atoms with Gasteiger partial charge in [0.25, 0.3) is 0 Å². The minimum Gasteiger partial charge on any atom is -0.469 e. The number of aromatic nitrogens is 4. The third-order valence-electron chi connectivity index (χ3n) is 3.54. The predicted octanol–water partition coefficient (Wildman–Crippen LogP) is 0.856. The van der Waals surface area contributed by atoms with Crippen molar-refractivity contribution in [1.82, 2.24) is 19.1 Å². The van der Waals surface area contributed by atoms with E-state index < -0.39 is 36.0 Å². The lowest BCUT2D eigenvalue weighted by Gasteiger charge is -2.35. The van der Waals surface area contributed by atoms with Crippen LogP contribution in [0, 0.1) is 5.92 Å². The topological polar surface area (TPSA) is 82.2 Å². The molecule has 1 N–H and O–H groups in total. The van der Waals surface area contributed by atoms with Gasteiger partial charge in [-0.15, -0.1) is 0 Å². The zero-order valence-corrected chi connectivity index (χ0v) is 12.4. The lowest BCUT2D eigenvalue weighted by Crippen LogP contribution is -2.54. The van der Waals surface area contributed by atoms with E-state index in [1.165, 1.54) is 36.5 Å². The highest BCUT2D eigenvalue weighted by Gasteiger charge is 2.64. The Morgan fingerprint density at radius 3 is 2.52 bits per heavy atom. The zero-order valence-electron chi connectivity index (χ0n) is 12.4. The molecule has 2 heterocycles. The predicted molar refractivity (Wildman–Crippen MR) is 70.9 cm³/mol. The monoisotopic (exact) mass is 332 g/mol. The number of alkyl halides is 3. The van der Waals surface area contributed by atoms with Crippen molar-refractivity contribution >= 4 is 5.97 Å². The van der Waals surface area contributed by atoms with Crippen molar-refractivity contribution in [3.63, 3.8) is 0 Å². The number of methoxy groups -OCH3 is 1. The quantitative estimate of drug-likeness (QED) is 0.821. The summed E-state index contributed by atoms with van der Waals surface area (Å²) >= 11 is 0. The maximum Gasteiger partial charge on any atom is 0.425 e. The highest BCUT2D eigenvalue weighted by atomic mass is 19.4. The molecule has 0 saturated carbocycles. The summed E-state index contributed by atoms with van der Waals surface area (Å²) in [5, 5.41) is 10.5. The van der Waals surface area contributed by atoms with Crippen LogP contribution in [0.2, 0.25) is 0 Å². The highest BCUT2D eigenvalue weighted by Crippen LogP contribution is 2.44. The Balaban J connectivity index is 2.57. The van der Waals surface area contributed by atoms with Crippen LogP contribution in [-0.4, -0.2) is 43.5 Å². The minimum atomic E-state index is -5.15. The molecule has 2 rings (SSSR count). The van der Waals surface area contributed by atoms with E-state index in [9.17, 15) is 23.1 Å². The van der Waals surface area contributed by atoms with Crippen LogP contribution in [0.1, 0.15) is 5.82 Å². The van der Waals surface area contributed by atoms with Gasteiger partial charge in [0.2, 0.25) is 5.60 Å². The van der Waals surface area contributed by atoms with Crippen LogP contribution in [-0.2, 0) is 28.7 Å². The molecule has 0 aromatic carbocycles. The standard InChI is InChI=1S/C13H15F3N4O3/c1-19-5-4-18-11(19)12(22,13(14,15)16)9(10(21)23-2)7-20-6-3-17-8-20/h3-6,8-9,22H,7H2,1-2H3/t9-,12+/m1/s1. The summed E-state index contributed by atoms with van der Waals surface area (Å²) < 4.78 is 47.8.